The van der Waals surface area contributed by atoms with Crippen LogP contribution in [0.1, 0.15) is 37.1 Å². The molecule has 1 atom stereocenters. The van der Waals surface area contributed by atoms with Crippen LogP contribution in [0, 0.1) is 0 Å². The van der Waals surface area contributed by atoms with E-state index in [-0.39, 0.29) is 0 Å². The van der Waals surface area contributed by atoms with Gasteiger partial charge in [0.15, 0.2) is 0 Å². The summed E-state index contributed by atoms with van der Waals surface area (Å²) in [6, 6.07) is 10.8. The smallest absolute Gasteiger partial charge is 0.0631 e. The van der Waals surface area contributed by atoms with Gasteiger partial charge in [0.1, 0.15) is 0 Å². The molecule has 1 unspecified atom stereocenters. The molecule has 102 valence electrons. The van der Waals surface area contributed by atoms with Crippen LogP contribution in [-0.2, 0) is 6.42 Å². The van der Waals surface area contributed by atoms with Gasteiger partial charge in [0.05, 0.1) is 5.69 Å². The summed E-state index contributed by atoms with van der Waals surface area (Å²) in [5.74, 6) is 0.903. The Bertz CT molecular complexity index is 536. The van der Waals surface area contributed by atoms with Crippen molar-refractivity contribution in [2.45, 2.75) is 32.2 Å². The lowest BCUT2D eigenvalue weighted by Gasteiger charge is -2.13. The second-order valence-electron chi connectivity index (χ2n) is 4.99. The van der Waals surface area contributed by atoms with Crippen molar-refractivity contribution in [3.63, 3.8) is 0 Å². The van der Waals surface area contributed by atoms with Gasteiger partial charge in [-0.3, -0.25) is 4.68 Å². The van der Waals surface area contributed by atoms with Gasteiger partial charge in [0.2, 0.25) is 0 Å². The first-order valence-corrected chi connectivity index (χ1v) is 7.78. The zero-order valence-electron chi connectivity index (χ0n) is 11.2. The molecule has 2 aromatic rings. The summed E-state index contributed by atoms with van der Waals surface area (Å²) in [5, 5.41) is 4.59. The van der Waals surface area contributed by atoms with E-state index in [0.717, 1.165) is 16.6 Å². The highest BCUT2D eigenvalue weighted by atomic mass is 79.9. The van der Waals surface area contributed by atoms with Crippen LogP contribution in [0.2, 0.25) is 0 Å². The molecule has 2 nitrogen and oxygen atoms in total. The van der Waals surface area contributed by atoms with Crippen molar-refractivity contribution in [2.24, 2.45) is 0 Å². The Hall–Kier alpha value is -0.800. The predicted molar refractivity (Wildman–Crippen MR) is 83.9 cm³/mol. The van der Waals surface area contributed by atoms with Crippen molar-refractivity contribution in [2.75, 3.05) is 5.88 Å². The third-order valence-corrected chi connectivity index (χ3v) is 4.02. The van der Waals surface area contributed by atoms with Crippen LogP contribution in [-0.4, -0.2) is 15.7 Å². The maximum absolute atomic E-state index is 6.12. The predicted octanol–water partition coefficient (Wildman–Crippen LogP) is 4.79. The molecule has 0 aliphatic rings. The molecule has 1 heterocycles. The average Bonchev–Trinajstić information content (AvgIpc) is 2.84. The molecule has 0 N–H and O–H groups in total. The van der Waals surface area contributed by atoms with Gasteiger partial charge in [0.25, 0.3) is 0 Å². The van der Waals surface area contributed by atoms with Crippen LogP contribution < -0.4 is 0 Å². The zero-order chi connectivity index (χ0) is 13.8. The van der Waals surface area contributed by atoms with Crippen molar-refractivity contribution in [3.05, 3.63) is 52.3 Å². The molecule has 2 rings (SSSR count). The van der Waals surface area contributed by atoms with Crippen LogP contribution in [0.3, 0.4) is 0 Å². The van der Waals surface area contributed by atoms with Gasteiger partial charge in [-0.25, -0.2) is 0 Å². The van der Waals surface area contributed by atoms with Gasteiger partial charge in [-0.05, 0) is 44.0 Å². The minimum atomic E-state index is 0.301. The Balaban J connectivity index is 2.14. The summed E-state index contributed by atoms with van der Waals surface area (Å²) in [6.45, 7) is 4.26. The van der Waals surface area contributed by atoms with E-state index in [2.05, 4.69) is 53.1 Å². The van der Waals surface area contributed by atoms with Gasteiger partial charge >= 0.3 is 0 Å². The number of rotatable bonds is 5. The Labute approximate surface area is 127 Å². The molecule has 0 aliphatic heterocycles. The first-order valence-electron chi connectivity index (χ1n) is 6.45. The number of hydrogen-bond acceptors (Lipinski definition) is 1. The monoisotopic (exact) mass is 340 g/mol. The van der Waals surface area contributed by atoms with Crippen molar-refractivity contribution < 1.29 is 0 Å². The van der Waals surface area contributed by atoms with Gasteiger partial charge in [-0.1, -0.05) is 28.1 Å². The lowest BCUT2D eigenvalue weighted by Crippen LogP contribution is -2.07. The molecule has 0 amide bonds. The maximum atomic E-state index is 6.12. The molecule has 1 aromatic carbocycles. The quantitative estimate of drug-likeness (QED) is 0.715. The molecule has 19 heavy (non-hydrogen) atoms. The Morgan fingerprint density at radius 3 is 2.68 bits per heavy atom. The fourth-order valence-corrected chi connectivity index (χ4v) is 2.75. The van der Waals surface area contributed by atoms with E-state index in [1.165, 1.54) is 5.56 Å². The summed E-state index contributed by atoms with van der Waals surface area (Å²) in [5.41, 5.74) is 2.35. The highest BCUT2D eigenvalue weighted by Crippen LogP contribution is 2.24. The normalized spacial score (nSPS) is 12.9. The van der Waals surface area contributed by atoms with E-state index >= 15 is 0 Å². The number of nitrogens with zero attached hydrogens (tertiary/aromatic N) is 2. The number of benzene rings is 1. The van der Waals surface area contributed by atoms with Gasteiger partial charge in [-0.2, -0.15) is 5.10 Å². The van der Waals surface area contributed by atoms with Crippen LogP contribution in [0.5, 0.6) is 0 Å². The Kier molecular flexibility index (Phi) is 5.06. The van der Waals surface area contributed by atoms with E-state index in [0.29, 0.717) is 17.8 Å². The molecule has 0 aliphatic carbocycles. The highest BCUT2D eigenvalue weighted by molar-refractivity contribution is 9.10. The molecule has 0 saturated carbocycles. The number of aromatic nitrogens is 2. The number of alkyl halides is 1. The molecular weight excluding hydrogens is 324 g/mol. The number of halogens is 2. The summed E-state index contributed by atoms with van der Waals surface area (Å²) in [4.78, 5) is 0. The van der Waals surface area contributed by atoms with Crippen molar-refractivity contribution in [1.29, 1.82) is 0 Å². The molecule has 0 radical (unpaired) electrons. The topological polar surface area (TPSA) is 17.8 Å². The van der Waals surface area contributed by atoms with Gasteiger partial charge < -0.3 is 0 Å². The summed E-state index contributed by atoms with van der Waals surface area (Å²) in [6.07, 6.45) is 2.91. The fraction of sp³-hybridized carbons (Fsp3) is 0.400. The third kappa shape index (κ3) is 3.83. The average molecular weight is 342 g/mol. The van der Waals surface area contributed by atoms with E-state index in [1.807, 2.05) is 23.0 Å². The van der Waals surface area contributed by atoms with Crippen LogP contribution in [0.4, 0.5) is 0 Å². The molecule has 0 saturated heterocycles. The van der Waals surface area contributed by atoms with Crippen molar-refractivity contribution in [3.8, 4) is 0 Å². The van der Waals surface area contributed by atoms with Crippen molar-refractivity contribution in [1.82, 2.24) is 9.78 Å². The summed E-state index contributed by atoms with van der Waals surface area (Å²) >= 11 is 9.63. The van der Waals surface area contributed by atoms with E-state index < -0.39 is 0 Å². The largest absolute Gasteiger partial charge is 0.270 e. The minimum Gasteiger partial charge on any atom is -0.270 e. The summed E-state index contributed by atoms with van der Waals surface area (Å²) in [7, 11) is 0. The SMILES string of the molecule is CC(C)n1ccc(CC(CCl)c2cccc(Br)c2)n1. The first-order chi connectivity index (χ1) is 9.10. The van der Waals surface area contributed by atoms with Gasteiger partial charge in [0, 0.05) is 28.5 Å². The first kappa shape index (κ1) is 14.6. The fourth-order valence-electron chi connectivity index (χ4n) is 2.05. The van der Waals surface area contributed by atoms with Crippen LogP contribution in [0.15, 0.2) is 41.0 Å². The number of hydrogen-bond donors (Lipinski definition) is 0. The molecule has 1 aromatic heterocycles. The van der Waals surface area contributed by atoms with Crippen molar-refractivity contribution >= 4 is 27.5 Å². The molecule has 0 spiro atoms. The lowest BCUT2D eigenvalue weighted by molar-refractivity contribution is 0.523. The van der Waals surface area contributed by atoms with Crippen LogP contribution >= 0.6 is 27.5 Å². The molecule has 4 heteroatoms. The Morgan fingerprint density at radius 2 is 2.11 bits per heavy atom. The minimum absolute atomic E-state index is 0.301. The van der Waals surface area contributed by atoms with Crippen LogP contribution in [0.25, 0.3) is 0 Å². The highest BCUT2D eigenvalue weighted by Gasteiger charge is 2.13. The second kappa shape index (κ2) is 6.58. The third-order valence-electron chi connectivity index (χ3n) is 3.15. The second-order valence-corrected chi connectivity index (χ2v) is 6.22. The lowest BCUT2D eigenvalue weighted by atomic mass is 9.96. The maximum Gasteiger partial charge on any atom is 0.0631 e. The Morgan fingerprint density at radius 1 is 1.32 bits per heavy atom. The van der Waals surface area contributed by atoms with Gasteiger partial charge in [-0.15, -0.1) is 11.6 Å². The van der Waals surface area contributed by atoms with E-state index in [1.54, 1.807) is 0 Å². The molecule has 0 bridgehead atoms. The molecular formula is C15H18BrClN2. The zero-order valence-corrected chi connectivity index (χ0v) is 13.5. The van der Waals surface area contributed by atoms with E-state index in [4.69, 9.17) is 11.6 Å². The molecule has 0 fully saturated rings. The standard InChI is InChI=1S/C15H18BrClN2/c1-11(2)19-7-6-15(18-19)9-13(10-17)12-4-3-5-14(16)8-12/h3-8,11,13H,9-10H2,1-2H3. The summed E-state index contributed by atoms with van der Waals surface area (Å²) < 4.78 is 3.08. The van der Waals surface area contributed by atoms with E-state index in [9.17, 15) is 0 Å².